The second kappa shape index (κ2) is 5.09. The summed E-state index contributed by atoms with van der Waals surface area (Å²) < 4.78 is 11.3. The molecule has 0 aromatic rings. The highest BCUT2D eigenvalue weighted by atomic mass is 32.2. The molecule has 0 aliphatic carbocycles. The van der Waals surface area contributed by atoms with Gasteiger partial charge in [0.2, 0.25) is 0 Å². The van der Waals surface area contributed by atoms with Gasteiger partial charge in [-0.25, -0.2) is 0 Å². The minimum absolute atomic E-state index is 0.0719. The van der Waals surface area contributed by atoms with Crippen LogP contribution in [0.2, 0.25) is 0 Å². The normalized spacial score (nSPS) is 9.25. The van der Waals surface area contributed by atoms with Crippen LogP contribution in [0.3, 0.4) is 0 Å². The number of carbonyl (C=O) groups excluding carboxylic acids is 1. The third-order valence-corrected chi connectivity index (χ3v) is 1.40. The van der Waals surface area contributed by atoms with Crippen molar-refractivity contribution in [3.8, 4) is 0 Å². The summed E-state index contributed by atoms with van der Waals surface area (Å²) in [5.74, 6) is 0. The molecule has 0 atom stereocenters. The van der Waals surface area contributed by atoms with E-state index >= 15 is 0 Å². The molecule has 0 aromatic heterocycles. The van der Waals surface area contributed by atoms with Crippen LogP contribution in [0.5, 0.6) is 0 Å². The van der Waals surface area contributed by atoms with E-state index in [2.05, 4.69) is 0 Å². The number of hydrogen-bond acceptors (Lipinski definition) is 2. The largest absolute Gasteiger partial charge is 0.287 e. The van der Waals surface area contributed by atoms with Gasteiger partial charge in [-0.15, -0.1) is 0 Å². The Morgan fingerprint density at radius 2 is 2.38 bits per heavy atom. The molecule has 0 heterocycles. The van der Waals surface area contributed by atoms with Crippen LogP contribution in [0.25, 0.3) is 0 Å². The zero-order valence-corrected chi connectivity index (χ0v) is 5.63. The Labute approximate surface area is 52.6 Å². The highest BCUT2D eigenvalue weighted by Crippen LogP contribution is 2.01. The molecule has 0 amide bonds. The lowest BCUT2D eigenvalue weighted by Crippen LogP contribution is -1.89. The maximum Gasteiger partial charge on any atom is 0.188 e. The van der Waals surface area contributed by atoms with Crippen molar-refractivity contribution in [1.29, 1.82) is 0 Å². The van der Waals surface area contributed by atoms with Gasteiger partial charge in [0.25, 0.3) is 0 Å². The zero-order chi connectivity index (χ0) is 6.41. The molecule has 0 fully saturated rings. The van der Waals surface area contributed by atoms with Crippen molar-refractivity contribution in [2.75, 3.05) is 12.9 Å². The summed E-state index contributed by atoms with van der Waals surface area (Å²) in [6.45, 7) is -0.383. The Balaban J connectivity index is 2.99. The first kappa shape index (κ1) is 7.95. The second-order valence-corrected chi connectivity index (χ2v) is 2.23. The fourth-order valence-electron chi connectivity index (χ4n) is 0.313. The molecular formula is C5H9FOS. The van der Waals surface area contributed by atoms with Gasteiger partial charge in [0.15, 0.2) is 5.12 Å². The summed E-state index contributed by atoms with van der Waals surface area (Å²) in [5.41, 5.74) is 0. The van der Waals surface area contributed by atoms with Crippen molar-refractivity contribution in [3.05, 3.63) is 0 Å². The first-order valence-electron chi connectivity index (χ1n) is 2.44. The van der Waals surface area contributed by atoms with Crippen molar-refractivity contribution in [3.63, 3.8) is 0 Å². The molecule has 0 saturated heterocycles. The van der Waals surface area contributed by atoms with Gasteiger partial charge >= 0.3 is 0 Å². The third-order valence-electron chi connectivity index (χ3n) is 0.742. The third kappa shape index (κ3) is 4.12. The molecule has 0 aromatic carbocycles. The van der Waals surface area contributed by atoms with Crippen LogP contribution in [-0.4, -0.2) is 18.0 Å². The van der Waals surface area contributed by atoms with E-state index < -0.39 is 0 Å². The summed E-state index contributed by atoms with van der Waals surface area (Å²) in [6, 6.07) is 0. The van der Waals surface area contributed by atoms with E-state index in [0.717, 1.165) is 11.8 Å². The summed E-state index contributed by atoms with van der Waals surface area (Å²) in [5, 5.41) is 0.0719. The van der Waals surface area contributed by atoms with Crippen LogP contribution in [0.15, 0.2) is 0 Å². The number of thioether (sulfide) groups is 1. The number of halogens is 1. The highest BCUT2D eigenvalue weighted by Gasteiger charge is 1.95. The van der Waals surface area contributed by atoms with Crippen molar-refractivity contribution in [2.45, 2.75) is 12.8 Å². The van der Waals surface area contributed by atoms with Gasteiger partial charge in [0.05, 0.1) is 6.67 Å². The van der Waals surface area contributed by atoms with Gasteiger partial charge in [0.1, 0.15) is 0 Å². The molecule has 0 aliphatic rings. The standard InChI is InChI=1S/C5H9FOS/c1-8-5(7)3-2-4-6/h2-4H2,1H3. The van der Waals surface area contributed by atoms with Crippen molar-refractivity contribution in [1.82, 2.24) is 0 Å². The highest BCUT2D eigenvalue weighted by molar-refractivity contribution is 8.13. The van der Waals surface area contributed by atoms with Crippen molar-refractivity contribution < 1.29 is 9.18 Å². The number of hydrogen-bond donors (Lipinski definition) is 0. The molecular weight excluding hydrogens is 127 g/mol. The Bertz CT molecular complexity index is 74.8. The van der Waals surface area contributed by atoms with Gasteiger partial charge in [0, 0.05) is 6.42 Å². The SMILES string of the molecule is CSC(=O)CCCF. The Kier molecular flexibility index (Phi) is 5.06. The maximum absolute atomic E-state index is 11.3. The molecule has 1 nitrogen and oxygen atoms in total. The van der Waals surface area contributed by atoms with E-state index in [-0.39, 0.29) is 11.8 Å². The predicted molar refractivity (Wildman–Crippen MR) is 33.7 cm³/mol. The van der Waals surface area contributed by atoms with E-state index in [1.54, 1.807) is 6.26 Å². The Hall–Kier alpha value is -0.0500. The van der Waals surface area contributed by atoms with Crippen LogP contribution in [-0.2, 0) is 4.79 Å². The summed E-state index contributed by atoms with van der Waals surface area (Å²) >= 11 is 1.16. The first-order valence-corrected chi connectivity index (χ1v) is 3.66. The quantitative estimate of drug-likeness (QED) is 0.586. The summed E-state index contributed by atoms with van der Waals surface area (Å²) in [7, 11) is 0. The van der Waals surface area contributed by atoms with Crippen LogP contribution >= 0.6 is 11.8 Å². The molecule has 0 saturated carbocycles. The Morgan fingerprint density at radius 1 is 1.75 bits per heavy atom. The van der Waals surface area contributed by atoms with E-state index in [1.165, 1.54) is 0 Å². The summed E-state index contributed by atoms with van der Waals surface area (Å²) in [6.07, 6.45) is 2.46. The van der Waals surface area contributed by atoms with E-state index in [9.17, 15) is 9.18 Å². The number of carbonyl (C=O) groups is 1. The average Bonchev–Trinajstić information content (AvgIpc) is 1.83. The number of alkyl halides is 1. The lowest BCUT2D eigenvalue weighted by molar-refractivity contribution is -0.111. The molecule has 8 heavy (non-hydrogen) atoms. The zero-order valence-electron chi connectivity index (χ0n) is 4.82. The molecule has 0 unspecified atom stereocenters. The lowest BCUT2D eigenvalue weighted by Gasteiger charge is -1.89. The van der Waals surface area contributed by atoms with Crippen LogP contribution in [0.1, 0.15) is 12.8 Å². The second-order valence-electron chi connectivity index (χ2n) is 1.37. The molecule has 0 bridgehead atoms. The minimum Gasteiger partial charge on any atom is -0.287 e. The summed E-state index contributed by atoms with van der Waals surface area (Å²) in [4.78, 5) is 10.4. The lowest BCUT2D eigenvalue weighted by atomic mass is 10.4. The van der Waals surface area contributed by atoms with Gasteiger partial charge in [-0.2, -0.15) is 0 Å². The van der Waals surface area contributed by atoms with Gasteiger partial charge < -0.3 is 0 Å². The van der Waals surface area contributed by atoms with Gasteiger partial charge in [-0.1, -0.05) is 11.8 Å². The molecule has 0 spiro atoms. The molecule has 0 radical (unpaired) electrons. The fraction of sp³-hybridized carbons (Fsp3) is 0.800. The predicted octanol–water partition coefficient (Wildman–Crippen LogP) is 1.63. The molecule has 3 heteroatoms. The monoisotopic (exact) mass is 136 g/mol. The smallest absolute Gasteiger partial charge is 0.188 e. The molecule has 0 rings (SSSR count). The van der Waals surface area contributed by atoms with Crippen molar-refractivity contribution >= 4 is 16.9 Å². The van der Waals surface area contributed by atoms with Crippen LogP contribution < -0.4 is 0 Å². The molecule has 0 N–H and O–H groups in total. The topological polar surface area (TPSA) is 17.1 Å². The van der Waals surface area contributed by atoms with Crippen molar-refractivity contribution in [2.24, 2.45) is 0 Å². The Morgan fingerprint density at radius 3 is 2.75 bits per heavy atom. The maximum atomic E-state index is 11.3. The van der Waals surface area contributed by atoms with Crippen LogP contribution in [0.4, 0.5) is 4.39 Å². The van der Waals surface area contributed by atoms with Crippen LogP contribution in [0, 0.1) is 0 Å². The van der Waals surface area contributed by atoms with E-state index in [1.807, 2.05) is 0 Å². The average molecular weight is 136 g/mol. The van der Waals surface area contributed by atoms with Gasteiger partial charge in [-0.05, 0) is 12.7 Å². The van der Waals surface area contributed by atoms with E-state index in [0.29, 0.717) is 12.8 Å². The first-order chi connectivity index (χ1) is 3.81. The van der Waals surface area contributed by atoms with Gasteiger partial charge in [-0.3, -0.25) is 9.18 Å². The molecule has 0 aliphatic heterocycles. The molecule has 48 valence electrons. The minimum atomic E-state index is -0.383. The van der Waals surface area contributed by atoms with E-state index in [4.69, 9.17) is 0 Å². The number of rotatable bonds is 3. The fourth-order valence-corrected chi connectivity index (χ4v) is 0.662.